The van der Waals surface area contributed by atoms with Crippen molar-refractivity contribution in [3.8, 4) is 0 Å². The molecule has 0 fully saturated rings. The zero-order chi connectivity index (χ0) is 15.0. The summed E-state index contributed by atoms with van der Waals surface area (Å²) < 4.78 is 0. The Kier molecular flexibility index (Phi) is 6.94. The number of aliphatic carboxylic acids is 1. The summed E-state index contributed by atoms with van der Waals surface area (Å²) in [5.74, 6) is -2.65. The number of hydrogen-bond donors (Lipinski definition) is 5. The number of urea groups is 1. The second-order valence-corrected chi connectivity index (χ2v) is 3.80. The molecular weight excluding hydrogens is 256 g/mol. The topological polar surface area (TPSA) is 151 Å². The van der Waals surface area contributed by atoms with E-state index in [-0.39, 0.29) is 0 Å². The summed E-state index contributed by atoms with van der Waals surface area (Å²) in [4.78, 5) is 44.2. The van der Waals surface area contributed by atoms with Crippen molar-refractivity contribution in [2.75, 3.05) is 6.54 Å². The molecule has 0 saturated carbocycles. The van der Waals surface area contributed by atoms with Crippen LogP contribution in [0.1, 0.15) is 20.3 Å². The molecule has 0 radical (unpaired) electrons. The first kappa shape index (κ1) is 16.7. The van der Waals surface area contributed by atoms with Gasteiger partial charge < -0.3 is 26.8 Å². The lowest BCUT2D eigenvalue weighted by atomic mass is 10.2. The number of amides is 4. The van der Waals surface area contributed by atoms with Gasteiger partial charge in [-0.3, -0.25) is 9.59 Å². The van der Waals surface area contributed by atoms with E-state index in [4.69, 9.17) is 10.8 Å². The van der Waals surface area contributed by atoms with Gasteiger partial charge in [-0.1, -0.05) is 0 Å². The molecule has 6 N–H and O–H groups in total. The normalized spacial score (nSPS) is 12.9. The molecule has 2 atom stereocenters. The van der Waals surface area contributed by atoms with Crippen molar-refractivity contribution < 1.29 is 24.3 Å². The van der Waals surface area contributed by atoms with E-state index >= 15 is 0 Å². The summed E-state index contributed by atoms with van der Waals surface area (Å²) in [6, 6.07) is -3.13. The zero-order valence-corrected chi connectivity index (χ0v) is 10.7. The average Bonchev–Trinajstić information content (AvgIpc) is 2.27. The fourth-order valence-corrected chi connectivity index (χ4v) is 1.19. The Balaban J connectivity index is 4.37. The van der Waals surface area contributed by atoms with Crippen LogP contribution in [0, 0.1) is 0 Å². The largest absolute Gasteiger partial charge is 0.480 e. The molecule has 108 valence electrons. The molecule has 4 amide bonds. The van der Waals surface area contributed by atoms with Crippen LogP contribution in [0.3, 0.4) is 0 Å². The fourth-order valence-electron chi connectivity index (χ4n) is 1.19. The van der Waals surface area contributed by atoms with Gasteiger partial charge in [-0.05, 0) is 13.8 Å². The number of hydrogen-bond acceptors (Lipinski definition) is 4. The molecule has 1 unspecified atom stereocenters. The number of carboxylic acid groups (broad SMARTS) is 1. The smallest absolute Gasteiger partial charge is 0.326 e. The van der Waals surface area contributed by atoms with Crippen molar-refractivity contribution in [1.29, 1.82) is 0 Å². The summed E-state index contributed by atoms with van der Waals surface area (Å²) >= 11 is 0. The second kappa shape index (κ2) is 7.90. The van der Waals surface area contributed by atoms with Crippen LogP contribution in [-0.4, -0.2) is 47.5 Å². The molecule has 0 aliphatic rings. The van der Waals surface area contributed by atoms with Crippen LogP contribution in [0.4, 0.5) is 4.79 Å². The highest BCUT2D eigenvalue weighted by Gasteiger charge is 2.23. The molecule has 0 bridgehead atoms. The van der Waals surface area contributed by atoms with Gasteiger partial charge in [0.15, 0.2) is 0 Å². The summed E-state index contributed by atoms with van der Waals surface area (Å²) in [5.41, 5.74) is 4.86. The van der Waals surface area contributed by atoms with E-state index in [9.17, 15) is 19.2 Å². The van der Waals surface area contributed by atoms with Crippen LogP contribution in [0.25, 0.3) is 0 Å². The summed E-state index contributed by atoms with van der Waals surface area (Å²) in [7, 11) is 0. The predicted octanol–water partition coefficient (Wildman–Crippen LogP) is -1.86. The van der Waals surface area contributed by atoms with Gasteiger partial charge in [0.25, 0.3) is 0 Å². The lowest BCUT2D eigenvalue weighted by molar-refractivity contribution is -0.140. The van der Waals surface area contributed by atoms with Crippen LogP contribution < -0.4 is 21.7 Å². The Hall–Kier alpha value is -2.32. The Morgan fingerprint density at radius 2 is 1.79 bits per heavy atom. The van der Waals surface area contributed by atoms with E-state index in [1.807, 2.05) is 5.32 Å². The zero-order valence-electron chi connectivity index (χ0n) is 10.7. The third-order valence-corrected chi connectivity index (χ3v) is 2.10. The Morgan fingerprint density at radius 3 is 2.21 bits per heavy atom. The molecule has 0 saturated heterocycles. The number of nitrogens with two attached hydrogens (primary N) is 1. The minimum absolute atomic E-state index is 0.403. The van der Waals surface area contributed by atoms with Crippen molar-refractivity contribution in [2.45, 2.75) is 32.4 Å². The van der Waals surface area contributed by atoms with E-state index in [0.29, 0.717) is 6.54 Å². The summed E-state index contributed by atoms with van der Waals surface area (Å²) in [5, 5.41) is 15.5. The molecule has 9 nitrogen and oxygen atoms in total. The van der Waals surface area contributed by atoms with Gasteiger partial charge in [0, 0.05) is 6.54 Å². The molecule has 0 aromatic carbocycles. The molecule has 0 heterocycles. The Labute approximate surface area is 109 Å². The van der Waals surface area contributed by atoms with E-state index in [2.05, 4.69) is 10.6 Å². The monoisotopic (exact) mass is 274 g/mol. The van der Waals surface area contributed by atoms with Crippen molar-refractivity contribution in [1.82, 2.24) is 16.0 Å². The van der Waals surface area contributed by atoms with Gasteiger partial charge in [-0.2, -0.15) is 0 Å². The highest BCUT2D eigenvalue weighted by atomic mass is 16.4. The summed E-state index contributed by atoms with van der Waals surface area (Å²) in [6.45, 7) is 3.57. The van der Waals surface area contributed by atoms with Gasteiger partial charge in [-0.15, -0.1) is 0 Å². The second-order valence-electron chi connectivity index (χ2n) is 3.80. The third kappa shape index (κ3) is 6.86. The molecule has 19 heavy (non-hydrogen) atoms. The molecule has 0 aromatic rings. The maximum atomic E-state index is 11.4. The van der Waals surface area contributed by atoms with Gasteiger partial charge in [0.2, 0.25) is 11.8 Å². The van der Waals surface area contributed by atoms with Crippen LogP contribution in [0.2, 0.25) is 0 Å². The average molecular weight is 274 g/mol. The lowest BCUT2D eigenvalue weighted by Crippen LogP contribution is -2.53. The number of likely N-dealkylation sites (N-methyl/N-ethyl adjacent to an activating group) is 1. The Bertz CT molecular complexity index is 371. The van der Waals surface area contributed by atoms with Crippen molar-refractivity contribution >= 4 is 23.8 Å². The number of primary amides is 1. The van der Waals surface area contributed by atoms with Crippen molar-refractivity contribution in [2.24, 2.45) is 5.73 Å². The summed E-state index contributed by atoms with van der Waals surface area (Å²) in [6.07, 6.45) is -0.529. The van der Waals surface area contributed by atoms with E-state index in [0.717, 1.165) is 0 Å². The number of carbonyl (C=O) groups is 4. The number of rotatable bonds is 7. The van der Waals surface area contributed by atoms with Crippen LogP contribution in [0.5, 0.6) is 0 Å². The molecule has 0 aliphatic carbocycles. The molecule has 0 spiro atoms. The maximum Gasteiger partial charge on any atom is 0.326 e. The number of carboxylic acids is 1. The van der Waals surface area contributed by atoms with Crippen molar-refractivity contribution in [3.05, 3.63) is 0 Å². The molecule has 0 aliphatic heterocycles. The van der Waals surface area contributed by atoms with Gasteiger partial charge in [0.1, 0.15) is 12.1 Å². The maximum absolute atomic E-state index is 11.4. The number of nitrogens with one attached hydrogen (secondary N) is 3. The van der Waals surface area contributed by atoms with Gasteiger partial charge >= 0.3 is 12.0 Å². The van der Waals surface area contributed by atoms with E-state index < -0.39 is 42.3 Å². The highest BCUT2D eigenvalue weighted by molar-refractivity contribution is 5.90. The first-order valence-corrected chi connectivity index (χ1v) is 5.63. The molecular formula is C10H18N4O5. The van der Waals surface area contributed by atoms with Gasteiger partial charge in [-0.25, -0.2) is 9.59 Å². The third-order valence-electron chi connectivity index (χ3n) is 2.10. The molecule has 9 heteroatoms. The predicted molar refractivity (Wildman–Crippen MR) is 65.0 cm³/mol. The standard InChI is InChI=1S/C10H18N4O5/c1-3-12-8(16)5(2)13-10(19)14-6(9(17)18)4-7(11)15/h5-6H,3-4H2,1-2H3,(H2,11,15)(H,12,16)(H,17,18)(H2,13,14,19)/t5?,6-/m0/s1. The highest BCUT2D eigenvalue weighted by Crippen LogP contribution is 1.92. The molecule has 0 aromatic heterocycles. The van der Waals surface area contributed by atoms with Crippen molar-refractivity contribution in [3.63, 3.8) is 0 Å². The SMILES string of the molecule is CCNC(=O)C(C)NC(=O)N[C@@H](CC(N)=O)C(=O)O. The fraction of sp³-hybridized carbons (Fsp3) is 0.600. The van der Waals surface area contributed by atoms with E-state index in [1.165, 1.54) is 6.92 Å². The number of carbonyl (C=O) groups excluding carboxylic acids is 3. The minimum Gasteiger partial charge on any atom is -0.480 e. The van der Waals surface area contributed by atoms with Gasteiger partial charge in [0.05, 0.1) is 6.42 Å². The van der Waals surface area contributed by atoms with Crippen LogP contribution >= 0.6 is 0 Å². The first-order chi connectivity index (χ1) is 8.77. The lowest BCUT2D eigenvalue weighted by Gasteiger charge is -2.17. The van der Waals surface area contributed by atoms with Crippen LogP contribution in [-0.2, 0) is 14.4 Å². The quantitative estimate of drug-likeness (QED) is 0.369. The first-order valence-electron chi connectivity index (χ1n) is 5.63. The minimum atomic E-state index is -1.43. The van der Waals surface area contributed by atoms with Crippen LogP contribution in [0.15, 0.2) is 0 Å². The molecule has 0 rings (SSSR count). The Morgan fingerprint density at radius 1 is 1.21 bits per heavy atom. The van der Waals surface area contributed by atoms with E-state index in [1.54, 1.807) is 6.92 Å².